The third-order valence-electron chi connectivity index (χ3n) is 5.32. The summed E-state index contributed by atoms with van der Waals surface area (Å²) in [6.07, 6.45) is 0. The van der Waals surface area contributed by atoms with Crippen molar-refractivity contribution in [2.75, 3.05) is 25.3 Å². The summed E-state index contributed by atoms with van der Waals surface area (Å²) in [5.74, 6) is -0.280. The fourth-order valence-corrected chi connectivity index (χ4v) is 6.25. The molecular weight excluding hydrogens is 545 g/mol. The first-order chi connectivity index (χ1) is 18.4. The van der Waals surface area contributed by atoms with Crippen LogP contribution in [-0.2, 0) is 20.0 Å². The van der Waals surface area contributed by atoms with Crippen LogP contribution in [0, 0.1) is 6.92 Å². The van der Waals surface area contributed by atoms with Gasteiger partial charge in [-0.15, -0.1) is 33.3 Å². The van der Waals surface area contributed by atoms with E-state index in [2.05, 4.69) is 15.5 Å². The zero-order valence-electron chi connectivity index (χ0n) is 20.8. The van der Waals surface area contributed by atoms with E-state index in [1.807, 2.05) is 65.2 Å². The van der Waals surface area contributed by atoms with Gasteiger partial charge in [0.1, 0.15) is 15.7 Å². The van der Waals surface area contributed by atoms with Crippen LogP contribution in [0.4, 0.5) is 5.00 Å². The fourth-order valence-electron chi connectivity index (χ4n) is 3.52. The molecule has 2 aromatic heterocycles. The predicted octanol–water partition coefficient (Wildman–Crippen LogP) is 5.23. The van der Waals surface area contributed by atoms with Crippen molar-refractivity contribution >= 4 is 57.7 Å². The predicted molar refractivity (Wildman–Crippen MR) is 148 cm³/mol. The molecule has 1 N–H and O–H groups in total. The molecule has 0 saturated carbocycles. The molecule has 4 rings (SSSR count). The number of rotatable bonds is 10. The Hall–Kier alpha value is -3.61. The van der Waals surface area contributed by atoms with E-state index < -0.39 is 11.9 Å². The summed E-state index contributed by atoms with van der Waals surface area (Å²) in [6.45, 7) is 1.61. The lowest BCUT2D eigenvalue weighted by molar-refractivity contribution is -0.113. The van der Waals surface area contributed by atoms with Gasteiger partial charge in [-0.1, -0.05) is 48.2 Å². The van der Waals surface area contributed by atoms with Crippen LogP contribution >= 0.6 is 34.9 Å². The zero-order valence-corrected chi connectivity index (χ0v) is 23.2. The molecule has 1 amide bonds. The molecule has 2 heterocycles. The highest BCUT2D eigenvalue weighted by Crippen LogP contribution is 2.34. The normalized spacial score (nSPS) is 10.7. The van der Waals surface area contributed by atoms with Crippen LogP contribution in [0.15, 0.2) is 70.7 Å². The number of hydrogen-bond acceptors (Lipinski definition) is 10. The Kier molecular flexibility index (Phi) is 9.21. The summed E-state index contributed by atoms with van der Waals surface area (Å²) in [4.78, 5) is 38.7. The van der Waals surface area contributed by atoms with E-state index in [0.29, 0.717) is 16.5 Å². The van der Waals surface area contributed by atoms with Gasteiger partial charge < -0.3 is 14.8 Å². The van der Waals surface area contributed by atoms with Crippen molar-refractivity contribution in [3.63, 3.8) is 0 Å². The molecule has 0 aliphatic carbocycles. The molecule has 0 saturated heterocycles. The van der Waals surface area contributed by atoms with Crippen LogP contribution in [-0.4, -0.2) is 52.6 Å². The van der Waals surface area contributed by atoms with Gasteiger partial charge >= 0.3 is 11.9 Å². The van der Waals surface area contributed by atoms with E-state index in [0.717, 1.165) is 27.7 Å². The highest BCUT2D eigenvalue weighted by molar-refractivity contribution is 7.99. The quantitative estimate of drug-likeness (QED) is 0.203. The van der Waals surface area contributed by atoms with E-state index in [4.69, 9.17) is 9.47 Å². The Morgan fingerprint density at radius 3 is 2.24 bits per heavy atom. The second kappa shape index (κ2) is 12.8. The first kappa shape index (κ1) is 27.4. The van der Waals surface area contributed by atoms with Crippen LogP contribution in [0.25, 0.3) is 5.69 Å². The molecule has 9 nitrogen and oxygen atoms in total. The number of hydrogen-bond donors (Lipinski definition) is 1. The van der Waals surface area contributed by atoms with Gasteiger partial charge in [0.15, 0.2) is 5.16 Å². The van der Waals surface area contributed by atoms with E-state index >= 15 is 0 Å². The maximum Gasteiger partial charge on any atom is 0.348 e. The Balaban J connectivity index is 1.53. The number of aromatic nitrogens is 3. The molecule has 196 valence electrons. The molecule has 0 aliphatic rings. The molecule has 0 bridgehead atoms. The van der Waals surface area contributed by atoms with Gasteiger partial charge in [0.25, 0.3) is 0 Å². The maximum absolute atomic E-state index is 12.9. The summed E-state index contributed by atoms with van der Waals surface area (Å²) in [6, 6.07) is 19.7. The molecule has 0 atom stereocenters. The monoisotopic (exact) mass is 568 g/mol. The number of carbonyl (C=O) groups is 3. The van der Waals surface area contributed by atoms with E-state index in [1.54, 1.807) is 18.7 Å². The van der Waals surface area contributed by atoms with Crippen LogP contribution < -0.4 is 5.32 Å². The number of ether oxygens (including phenoxy) is 2. The third kappa shape index (κ3) is 6.26. The number of anilines is 1. The molecular formula is C26H24N4O5S3. The molecule has 0 spiro atoms. The van der Waals surface area contributed by atoms with Crippen LogP contribution in [0.1, 0.15) is 31.4 Å². The molecule has 0 radical (unpaired) electrons. The minimum Gasteiger partial charge on any atom is -0.465 e. The van der Waals surface area contributed by atoms with Crippen molar-refractivity contribution in [2.24, 2.45) is 0 Å². The third-order valence-corrected chi connectivity index (χ3v) is 8.44. The molecule has 38 heavy (non-hydrogen) atoms. The Morgan fingerprint density at radius 1 is 0.921 bits per heavy atom. The van der Waals surface area contributed by atoms with Gasteiger partial charge in [0.05, 0.1) is 31.3 Å². The molecule has 0 unspecified atom stereocenters. The van der Waals surface area contributed by atoms with Crippen molar-refractivity contribution in [1.29, 1.82) is 0 Å². The first-order valence-corrected chi connectivity index (χ1v) is 14.1. The van der Waals surface area contributed by atoms with E-state index in [1.165, 1.54) is 26.0 Å². The second-order valence-electron chi connectivity index (χ2n) is 7.75. The van der Waals surface area contributed by atoms with Crippen LogP contribution in [0.3, 0.4) is 0 Å². The van der Waals surface area contributed by atoms with E-state index in [9.17, 15) is 14.4 Å². The van der Waals surface area contributed by atoms with Gasteiger partial charge in [0.2, 0.25) is 5.91 Å². The number of methoxy groups -OCH3 is 2. The maximum atomic E-state index is 12.9. The largest absolute Gasteiger partial charge is 0.465 e. The number of thioether (sulfide) groups is 2. The summed E-state index contributed by atoms with van der Waals surface area (Å²) in [5.41, 5.74) is 1.40. The number of thiophene rings is 1. The lowest BCUT2D eigenvalue weighted by atomic mass is 10.1. The zero-order chi connectivity index (χ0) is 27.1. The van der Waals surface area contributed by atoms with Gasteiger partial charge in [-0.3, -0.25) is 9.36 Å². The summed E-state index contributed by atoms with van der Waals surface area (Å²) < 4.78 is 11.6. The number of benzene rings is 2. The van der Waals surface area contributed by atoms with Gasteiger partial charge in [-0.05, 0) is 36.8 Å². The summed E-state index contributed by atoms with van der Waals surface area (Å²) >= 11 is 3.83. The molecule has 4 aromatic rings. The van der Waals surface area contributed by atoms with Crippen LogP contribution in [0.5, 0.6) is 0 Å². The van der Waals surface area contributed by atoms with Crippen molar-refractivity contribution in [3.8, 4) is 5.69 Å². The fraction of sp³-hybridized carbons (Fsp3) is 0.192. The van der Waals surface area contributed by atoms with Crippen molar-refractivity contribution in [3.05, 3.63) is 82.5 Å². The number of amides is 1. The smallest absolute Gasteiger partial charge is 0.348 e. The molecule has 12 heteroatoms. The topological polar surface area (TPSA) is 112 Å². The number of nitrogens with zero attached hydrogens (tertiary/aromatic N) is 3. The number of esters is 2. The molecule has 0 aliphatic heterocycles. The lowest BCUT2D eigenvalue weighted by Gasteiger charge is -2.10. The highest BCUT2D eigenvalue weighted by atomic mass is 32.2. The molecule has 2 aromatic carbocycles. The number of para-hydroxylation sites is 1. The first-order valence-electron chi connectivity index (χ1n) is 11.3. The van der Waals surface area contributed by atoms with Gasteiger partial charge in [0, 0.05) is 10.6 Å². The Morgan fingerprint density at radius 2 is 1.58 bits per heavy atom. The average molecular weight is 569 g/mol. The average Bonchev–Trinajstić information content (AvgIpc) is 3.51. The summed E-state index contributed by atoms with van der Waals surface area (Å²) in [7, 11) is 2.49. The standard InChI is InChI=1S/C26H24N4O5S3/c1-16-21(24(32)34-2)23(38-22(16)25(33)35-3)27-20(31)15-37-26-29-28-19(14-36-18-12-8-5-9-13-18)30(26)17-10-6-4-7-11-17/h4-13H,14-15H2,1-3H3,(H,27,31). The van der Waals surface area contributed by atoms with Crippen molar-refractivity contribution in [2.45, 2.75) is 22.7 Å². The minimum absolute atomic E-state index is 0.00190. The Labute approximate surface area is 231 Å². The molecule has 0 fully saturated rings. The second-order valence-corrected chi connectivity index (χ2v) is 10.8. The number of carbonyl (C=O) groups excluding carboxylic acids is 3. The number of nitrogens with one attached hydrogen (secondary N) is 1. The van der Waals surface area contributed by atoms with Gasteiger partial charge in [-0.25, -0.2) is 9.59 Å². The van der Waals surface area contributed by atoms with Crippen molar-refractivity contribution in [1.82, 2.24) is 14.8 Å². The minimum atomic E-state index is -0.652. The Bertz CT molecular complexity index is 1440. The van der Waals surface area contributed by atoms with Crippen LogP contribution in [0.2, 0.25) is 0 Å². The van der Waals surface area contributed by atoms with E-state index in [-0.39, 0.29) is 27.1 Å². The van der Waals surface area contributed by atoms with Gasteiger partial charge in [-0.2, -0.15) is 0 Å². The van der Waals surface area contributed by atoms with Crippen molar-refractivity contribution < 1.29 is 23.9 Å². The summed E-state index contributed by atoms with van der Waals surface area (Å²) in [5, 5.41) is 12.3. The highest BCUT2D eigenvalue weighted by Gasteiger charge is 2.27. The lowest BCUT2D eigenvalue weighted by Crippen LogP contribution is -2.16. The SMILES string of the molecule is COC(=O)c1sc(NC(=O)CSc2nnc(CSc3ccccc3)n2-c2ccccc2)c(C(=O)OC)c1C.